The molecule has 4 nitrogen and oxygen atoms in total. The van der Waals surface area contributed by atoms with Gasteiger partial charge in [0.05, 0.1) is 0 Å². The van der Waals surface area contributed by atoms with Crippen LogP contribution in [-0.4, -0.2) is 19.2 Å². The van der Waals surface area contributed by atoms with Crippen molar-refractivity contribution in [3.63, 3.8) is 0 Å². The third kappa shape index (κ3) is 4.10. The Balaban J connectivity index is 1.73. The van der Waals surface area contributed by atoms with E-state index in [0.717, 1.165) is 11.3 Å². The first-order valence-electron chi connectivity index (χ1n) is 6.42. The number of esters is 1. The molecule has 0 saturated carbocycles. The molecule has 104 valence electrons. The molecule has 0 radical (unpaired) electrons. The number of nitrogens with two attached hydrogens (primary N) is 1. The first kappa shape index (κ1) is 14.1. The monoisotopic (exact) mass is 271 g/mol. The summed E-state index contributed by atoms with van der Waals surface area (Å²) in [4.78, 5) is 11.8. The topological polar surface area (TPSA) is 61.6 Å². The van der Waals surface area contributed by atoms with E-state index in [1.165, 1.54) is 0 Å². The summed E-state index contributed by atoms with van der Waals surface area (Å²) in [6.07, 6.45) is 0. The summed E-state index contributed by atoms with van der Waals surface area (Å²) in [5.41, 5.74) is 6.55. The minimum atomic E-state index is -0.757. The number of ether oxygens (including phenoxy) is 2. The van der Waals surface area contributed by atoms with Gasteiger partial charge in [0, 0.05) is 0 Å². The number of rotatable bonds is 6. The van der Waals surface area contributed by atoms with Gasteiger partial charge in [-0.05, 0) is 17.7 Å². The molecule has 2 rings (SSSR count). The van der Waals surface area contributed by atoms with Gasteiger partial charge in [0.15, 0.2) is 0 Å². The van der Waals surface area contributed by atoms with Crippen LogP contribution >= 0.6 is 0 Å². The van der Waals surface area contributed by atoms with Gasteiger partial charge in [0.25, 0.3) is 0 Å². The highest BCUT2D eigenvalue weighted by atomic mass is 16.6. The molecule has 0 aliphatic carbocycles. The zero-order chi connectivity index (χ0) is 14.2. The zero-order valence-corrected chi connectivity index (χ0v) is 11.1. The molecule has 0 aliphatic heterocycles. The van der Waals surface area contributed by atoms with E-state index in [2.05, 4.69) is 0 Å². The highest BCUT2D eigenvalue weighted by Gasteiger charge is 2.16. The molecule has 0 aromatic heterocycles. The molecule has 20 heavy (non-hydrogen) atoms. The van der Waals surface area contributed by atoms with Gasteiger partial charge in [-0.25, -0.2) is 4.79 Å². The number of carbonyl (C=O) groups is 1. The van der Waals surface area contributed by atoms with E-state index < -0.39 is 12.0 Å². The van der Waals surface area contributed by atoms with Crippen LogP contribution in [0.3, 0.4) is 0 Å². The van der Waals surface area contributed by atoms with Gasteiger partial charge in [-0.3, -0.25) is 0 Å². The fraction of sp³-hybridized carbons (Fsp3) is 0.188. The third-order valence-corrected chi connectivity index (χ3v) is 2.75. The smallest absolute Gasteiger partial charge is 0.327 e. The fourth-order valence-electron chi connectivity index (χ4n) is 1.70. The Morgan fingerprint density at radius 3 is 2.20 bits per heavy atom. The lowest BCUT2D eigenvalue weighted by Gasteiger charge is -2.12. The van der Waals surface area contributed by atoms with E-state index >= 15 is 0 Å². The Kier molecular flexibility index (Phi) is 5.15. The van der Waals surface area contributed by atoms with Crippen molar-refractivity contribution in [2.45, 2.75) is 6.04 Å². The normalized spacial score (nSPS) is 11.7. The molecule has 4 heteroatoms. The molecule has 0 heterocycles. The molecule has 0 amide bonds. The van der Waals surface area contributed by atoms with Crippen molar-refractivity contribution in [1.29, 1.82) is 0 Å². The molecule has 1 unspecified atom stereocenters. The van der Waals surface area contributed by atoms with E-state index in [0.29, 0.717) is 6.61 Å². The van der Waals surface area contributed by atoms with Gasteiger partial charge in [0.1, 0.15) is 25.0 Å². The Labute approximate surface area is 118 Å². The van der Waals surface area contributed by atoms with E-state index in [-0.39, 0.29) is 6.61 Å². The largest absolute Gasteiger partial charge is 0.490 e. The van der Waals surface area contributed by atoms with Gasteiger partial charge >= 0.3 is 5.97 Å². The van der Waals surface area contributed by atoms with E-state index in [1.54, 1.807) is 12.1 Å². The van der Waals surface area contributed by atoms with Crippen LogP contribution in [0.4, 0.5) is 0 Å². The summed E-state index contributed by atoms with van der Waals surface area (Å²) in [6, 6.07) is 17.7. The van der Waals surface area contributed by atoms with Crippen LogP contribution in [0.5, 0.6) is 5.75 Å². The quantitative estimate of drug-likeness (QED) is 0.647. The van der Waals surface area contributed by atoms with Crippen LogP contribution in [0.25, 0.3) is 0 Å². The van der Waals surface area contributed by atoms with Crippen molar-refractivity contribution in [2.75, 3.05) is 13.2 Å². The zero-order valence-electron chi connectivity index (χ0n) is 11.1. The van der Waals surface area contributed by atoms with Crippen LogP contribution in [-0.2, 0) is 9.53 Å². The molecule has 0 saturated heterocycles. The van der Waals surface area contributed by atoms with Crippen LogP contribution < -0.4 is 10.5 Å². The Bertz CT molecular complexity index is 528. The lowest BCUT2D eigenvalue weighted by atomic mass is 10.1. The van der Waals surface area contributed by atoms with Crippen LogP contribution in [0.1, 0.15) is 11.6 Å². The van der Waals surface area contributed by atoms with E-state index in [9.17, 15) is 4.79 Å². The number of benzene rings is 2. The van der Waals surface area contributed by atoms with Gasteiger partial charge in [-0.1, -0.05) is 48.5 Å². The van der Waals surface area contributed by atoms with Gasteiger partial charge in [-0.15, -0.1) is 0 Å². The molecular formula is C16H17NO3. The fourth-order valence-corrected chi connectivity index (χ4v) is 1.70. The number of carbonyl (C=O) groups excluding carboxylic acids is 1. The second-order valence-corrected chi connectivity index (χ2v) is 4.22. The molecule has 0 fully saturated rings. The summed E-state index contributed by atoms with van der Waals surface area (Å²) in [6.45, 7) is 0.478. The molecule has 0 aliphatic rings. The number of hydrogen-bond acceptors (Lipinski definition) is 4. The molecule has 2 N–H and O–H groups in total. The molecule has 1 atom stereocenters. The number of para-hydroxylation sites is 1. The van der Waals surface area contributed by atoms with Crippen molar-refractivity contribution in [2.24, 2.45) is 5.73 Å². The summed E-state index contributed by atoms with van der Waals surface area (Å²) in [7, 11) is 0. The second kappa shape index (κ2) is 7.31. The van der Waals surface area contributed by atoms with Crippen molar-refractivity contribution >= 4 is 5.97 Å². The summed E-state index contributed by atoms with van der Waals surface area (Å²) < 4.78 is 10.5. The van der Waals surface area contributed by atoms with Gasteiger partial charge in [-0.2, -0.15) is 0 Å². The standard InChI is InChI=1S/C16H17NO3/c17-15(13-7-3-1-4-8-13)16(18)20-12-11-19-14-9-5-2-6-10-14/h1-10,15H,11-12,17H2. The van der Waals surface area contributed by atoms with Gasteiger partial charge in [0.2, 0.25) is 0 Å². The summed E-state index contributed by atoms with van der Waals surface area (Å²) >= 11 is 0. The minimum Gasteiger partial charge on any atom is -0.490 e. The molecule has 2 aromatic carbocycles. The second-order valence-electron chi connectivity index (χ2n) is 4.22. The van der Waals surface area contributed by atoms with Crippen molar-refractivity contribution in [3.05, 3.63) is 66.2 Å². The predicted molar refractivity (Wildman–Crippen MR) is 76.3 cm³/mol. The van der Waals surface area contributed by atoms with Crippen molar-refractivity contribution in [3.8, 4) is 5.75 Å². The Morgan fingerprint density at radius 1 is 0.950 bits per heavy atom. The molecule has 0 bridgehead atoms. The lowest BCUT2D eigenvalue weighted by molar-refractivity contribution is -0.146. The maximum atomic E-state index is 11.8. The van der Waals surface area contributed by atoms with Crippen LogP contribution in [0.15, 0.2) is 60.7 Å². The van der Waals surface area contributed by atoms with Crippen molar-refractivity contribution in [1.82, 2.24) is 0 Å². The lowest BCUT2D eigenvalue weighted by Crippen LogP contribution is -2.25. The Hall–Kier alpha value is -2.33. The predicted octanol–water partition coefficient (Wildman–Crippen LogP) is 2.31. The Morgan fingerprint density at radius 2 is 1.55 bits per heavy atom. The first-order valence-corrected chi connectivity index (χ1v) is 6.42. The minimum absolute atomic E-state index is 0.175. The van der Waals surface area contributed by atoms with Crippen LogP contribution in [0, 0.1) is 0 Å². The third-order valence-electron chi connectivity index (χ3n) is 2.75. The average molecular weight is 271 g/mol. The van der Waals surface area contributed by atoms with Crippen LogP contribution in [0.2, 0.25) is 0 Å². The molecular weight excluding hydrogens is 254 g/mol. The molecule has 2 aromatic rings. The highest BCUT2D eigenvalue weighted by Crippen LogP contribution is 2.11. The SMILES string of the molecule is NC(C(=O)OCCOc1ccccc1)c1ccccc1. The summed E-state index contributed by atoms with van der Waals surface area (Å²) in [5, 5.41) is 0. The summed E-state index contributed by atoms with van der Waals surface area (Å²) in [5.74, 6) is 0.295. The van der Waals surface area contributed by atoms with E-state index in [4.69, 9.17) is 15.2 Å². The maximum Gasteiger partial charge on any atom is 0.327 e. The number of hydrogen-bond donors (Lipinski definition) is 1. The first-order chi connectivity index (χ1) is 9.77. The van der Waals surface area contributed by atoms with E-state index in [1.807, 2.05) is 48.5 Å². The molecule has 0 spiro atoms. The van der Waals surface area contributed by atoms with Gasteiger partial charge < -0.3 is 15.2 Å². The average Bonchev–Trinajstić information content (AvgIpc) is 2.52. The maximum absolute atomic E-state index is 11.8. The highest BCUT2D eigenvalue weighted by molar-refractivity contribution is 5.77. The van der Waals surface area contributed by atoms with Crippen molar-refractivity contribution < 1.29 is 14.3 Å².